The van der Waals surface area contributed by atoms with Crippen LogP contribution in [0.25, 0.3) is 0 Å². The fourth-order valence-electron chi connectivity index (χ4n) is 1.75. The van der Waals surface area contributed by atoms with Crippen molar-refractivity contribution in [1.29, 1.82) is 0 Å². The summed E-state index contributed by atoms with van der Waals surface area (Å²) in [5, 5.41) is 3.73. The number of nitrogens with zero attached hydrogens (tertiary/aromatic N) is 2. The highest BCUT2D eigenvalue weighted by atomic mass is 19.4. The normalized spacial score (nSPS) is 19.7. The molecule has 1 aromatic rings. The smallest absolute Gasteiger partial charge is 0.382 e. The van der Waals surface area contributed by atoms with Gasteiger partial charge in [0.15, 0.2) is 0 Å². The third-order valence-electron chi connectivity index (χ3n) is 2.68. The van der Waals surface area contributed by atoms with Gasteiger partial charge in [-0.2, -0.15) is 18.3 Å². The monoisotopic (exact) mass is 205 g/mol. The van der Waals surface area contributed by atoms with Gasteiger partial charge in [-0.15, -0.1) is 0 Å². The van der Waals surface area contributed by atoms with Crippen molar-refractivity contribution in [3.05, 3.63) is 11.8 Å². The molecule has 0 atom stereocenters. The van der Waals surface area contributed by atoms with E-state index >= 15 is 0 Å². The number of alkyl halides is 3. The summed E-state index contributed by atoms with van der Waals surface area (Å²) in [5.41, 5.74) is 3.83. The van der Waals surface area contributed by atoms with E-state index in [1.54, 1.807) is 0 Å². The van der Waals surface area contributed by atoms with Gasteiger partial charge in [0.2, 0.25) is 0 Å². The molecule has 0 bridgehead atoms. The highest BCUT2D eigenvalue weighted by Crippen LogP contribution is 2.58. The Balaban J connectivity index is 2.45. The first-order chi connectivity index (χ1) is 6.37. The van der Waals surface area contributed by atoms with Crippen molar-refractivity contribution in [2.75, 3.05) is 5.73 Å². The number of nitrogen functional groups attached to an aromatic ring is 1. The van der Waals surface area contributed by atoms with Gasteiger partial charge >= 0.3 is 6.18 Å². The summed E-state index contributed by atoms with van der Waals surface area (Å²) in [6.07, 6.45) is -3.93. The van der Waals surface area contributed by atoms with Crippen molar-refractivity contribution in [3.63, 3.8) is 0 Å². The molecule has 1 aliphatic carbocycles. The maximum atomic E-state index is 12.7. The van der Waals surface area contributed by atoms with Gasteiger partial charge in [-0.05, 0) is 12.8 Å². The first kappa shape index (κ1) is 9.36. The van der Waals surface area contributed by atoms with Crippen LogP contribution in [-0.2, 0) is 12.5 Å². The summed E-state index contributed by atoms with van der Waals surface area (Å²) >= 11 is 0. The summed E-state index contributed by atoms with van der Waals surface area (Å²) in [6.45, 7) is 0. The van der Waals surface area contributed by atoms with E-state index in [9.17, 15) is 13.2 Å². The molecule has 1 fully saturated rings. The lowest BCUT2D eigenvalue weighted by molar-refractivity contribution is -0.162. The molecule has 14 heavy (non-hydrogen) atoms. The number of rotatable bonds is 1. The fourth-order valence-corrected chi connectivity index (χ4v) is 1.75. The van der Waals surface area contributed by atoms with E-state index < -0.39 is 11.6 Å². The van der Waals surface area contributed by atoms with Crippen LogP contribution in [0, 0.1) is 0 Å². The number of anilines is 1. The molecule has 1 aromatic heterocycles. The highest BCUT2D eigenvalue weighted by Gasteiger charge is 2.65. The van der Waals surface area contributed by atoms with Crippen LogP contribution < -0.4 is 5.73 Å². The summed E-state index contributed by atoms with van der Waals surface area (Å²) in [7, 11) is 1.48. The van der Waals surface area contributed by atoms with Crippen LogP contribution in [0.2, 0.25) is 0 Å². The Morgan fingerprint density at radius 3 is 2.36 bits per heavy atom. The number of hydrogen-bond donors (Lipinski definition) is 1. The van der Waals surface area contributed by atoms with E-state index in [4.69, 9.17) is 5.73 Å². The molecule has 1 heterocycles. The maximum absolute atomic E-state index is 12.7. The summed E-state index contributed by atoms with van der Waals surface area (Å²) in [5.74, 6) is 0.137. The molecule has 1 aliphatic rings. The first-order valence-corrected chi connectivity index (χ1v) is 4.23. The summed E-state index contributed by atoms with van der Waals surface area (Å²) in [6, 6.07) is 1.31. The second-order valence-electron chi connectivity index (χ2n) is 3.66. The third kappa shape index (κ3) is 1.09. The van der Waals surface area contributed by atoms with Crippen LogP contribution >= 0.6 is 0 Å². The van der Waals surface area contributed by atoms with Gasteiger partial charge in [0, 0.05) is 13.1 Å². The van der Waals surface area contributed by atoms with Crippen LogP contribution in [-0.4, -0.2) is 16.0 Å². The standard InChI is InChI=1S/C8H10F3N3/c1-14-5(4-6(12)13-14)7(2-3-7)8(9,10)11/h4H,2-3H2,1H3,(H2,12,13). The van der Waals surface area contributed by atoms with E-state index in [0.29, 0.717) is 0 Å². The molecule has 0 unspecified atom stereocenters. The predicted molar refractivity (Wildman–Crippen MR) is 44.6 cm³/mol. The zero-order valence-corrected chi connectivity index (χ0v) is 7.60. The zero-order valence-electron chi connectivity index (χ0n) is 7.60. The van der Waals surface area contributed by atoms with Crippen LogP contribution in [0.4, 0.5) is 19.0 Å². The van der Waals surface area contributed by atoms with Crippen molar-refractivity contribution in [2.45, 2.75) is 24.4 Å². The van der Waals surface area contributed by atoms with Gasteiger partial charge in [-0.25, -0.2) is 0 Å². The SMILES string of the molecule is Cn1nc(N)cc1C1(C(F)(F)F)CC1. The Morgan fingerprint density at radius 1 is 1.50 bits per heavy atom. The molecule has 0 saturated heterocycles. The lowest BCUT2D eigenvalue weighted by Gasteiger charge is -2.18. The molecular formula is C8H10F3N3. The predicted octanol–water partition coefficient (Wildman–Crippen LogP) is 1.60. The average molecular weight is 205 g/mol. The van der Waals surface area contributed by atoms with E-state index in [-0.39, 0.29) is 24.4 Å². The minimum atomic E-state index is -4.20. The molecular weight excluding hydrogens is 195 g/mol. The molecule has 6 heteroatoms. The molecule has 0 radical (unpaired) electrons. The van der Waals surface area contributed by atoms with E-state index in [1.165, 1.54) is 17.8 Å². The van der Waals surface area contributed by atoms with Crippen molar-refractivity contribution in [1.82, 2.24) is 9.78 Å². The number of hydrogen-bond acceptors (Lipinski definition) is 2. The molecule has 1 saturated carbocycles. The van der Waals surface area contributed by atoms with Gasteiger partial charge in [0.25, 0.3) is 0 Å². The Morgan fingerprint density at radius 2 is 2.07 bits per heavy atom. The van der Waals surface area contributed by atoms with Gasteiger partial charge in [-0.1, -0.05) is 0 Å². The number of nitrogens with two attached hydrogens (primary N) is 1. The minimum absolute atomic E-state index is 0.134. The Labute approximate surface area is 78.7 Å². The van der Waals surface area contributed by atoms with Crippen molar-refractivity contribution < 1.29 is 13.2 Å². The molecule has 0 aromatic carbocycles. The topological polar surface area (TPSA) is 43.8 Å². The Bertz CT molecular complexity index is 362. The number of aryl methyl sites for hydroxylation is 1. The molecule has 0 spiro atoms. The third-order valence-corrected chi connectivity index (χ3v) is 2.68. The minimum Gasteiger partial charge on any atom is -0.382 e. The van der Waals surface area contributed by atoms with Crippen molar-refractivity contribution in [3.8, 4) is 0 Å². The lowest BCUT2D eigenvalue weighted by Crippen LogP contribution is -2.30. The fraction of sp³-hybridized carbons (Fsp3) is 0.625. The van der Waals surface area contributed by atoms with Gasteiger partial charge < -0.3 is 5.73 Å². The molecule has 0 aliphatic heterocycles. The van der Waals surface area contributed by atoms with Crippen LogP contribution in [0.15, 0.2) is 6.07 Å². The molecule has 2 rings (SSSR count). The van der Waals surface area contributed by atoms with E-state index in [2.05, 4.69) is 5.10 Å². The lowest BCUT2D eigenvalue weighted by atomic mass is 10.0. The second kappa shape index (κ2) is 2.43. The summed E-state index contributed by atoms with van der Waals surface area (Å²) in [4.78, 5) is 0. The first-order valence-electron chi connectivity index (χ1n) is 4.23. The van der Waals surface area contributed by atoms with Crippen molar-refractivity contribution >= 4 is 5.82 Å². The quantitative estimate of drug-likeness (QED) is 0.756. The maximum Gasteiger partial charge on any atom is 0.399 e. The largest absolute Gasteiger partial charge is 0.399 e. The zero-order chi connectivity index (χ0) is 10.6. The Hall–Kier alpha value is -1.20. The molecule has 78 valence electrons. The average Bonchev–Trinajstić information content (AvgIpc) is 2.73. The van der Waals surface area contributed by atoms with E-state index in [1.807, 2.05) is 0 Å². The van der Waals surface area contributed by atoms with Gasteiger partial charge in [-0.3, -0.25) is 4.68 Å². The van der Waals surface area contributed by atoms with Crippen LogP contribution in [0.3, 0.4) is 0 Å². The summed E-state index contributed by atoms with van der Waals surface area (Å²) < 4.78 is 39.3. The number of halogens is 3. The van der Waals surface area contributed by atoms with E-state index in [0.717, 1.165) is 0 Å². The Kier molecular flexibility index (Phi) is 1.62. The molecule has 0 amide bonds. The van der Waals surface area contributed by atoms with Gasteiger partial charge in [0.05, 0.1) is 5.69 Å². The highest BCUT2D eigenvalue weighted by molar-refractivity contribution is 5.38. The number of aromatic nitrogens is 2. The van der Waals surface area contributed by atoms with Gasteiger partial charge in [0.1, 0.15) is 11.2 Å². The van der Waals surface area contributed by atoms with Crippen molar-refractivity contribution in [2.24, 2.45) is 7.05 Å². The van der Waals surface area contributed by atoms with Crippen LogP contribution in [0.1, 0.15) is 18.5 Å². The second-order valence-corrected chi connectivity index (χ2v) is 3.66. The van der Waals surface area contributed by atoms with Crippen LogP contribution in [0.5, 0.6) is 0 Å². The molecule has 2 N–H and O–H groups in total. The molecule has 3 nitrogen and oxygen atoms in total.